The number of benzene rings is 1. The molecule has 2 aliphatic heterocycles. The number of aromatic hydroxyl groups is 1. The van der Waals surface area contributed by atoms with Crippen LogP contribution in [0.2, 0.25) is 0 Å². The van der Waals surface area contributed by atoms with E-state index in [9.17, 15) is 14.3 Å². The van der Waals surface area contributed by atoms with Gasteiger partial charge in [0.15, 0.2) is 6.17 Å². The molecule has 3 aromatic rings. The van der Waals surface area contributed by atoms with Crippen LogP contribution in [0.1, 0.15) is 25.7 Å². The second-order valence-electron chi connectivity index (χ2n) is 8.17. The van der Waals surface area contributed by atoms with Gasteiger partial charge in [0, 0.05) is 42.4 Å². The number of piperidine rings is 2. The van der Waals surface area contributed by atoms with Crippen molar-refractivity contribution < 1.29 is 14.2 Å². The Morgan fingerprint density at radius 2 is 1.94 bits per heavy atom. The number of H-pyrrole nitrogens is 1. The van der Waals surface area contributed by atoms with E-state index in [2.05, 4.69) is 20.5 Å². The Morgan fingerprint density at radius 1 is 1.06 bits per heavy atom. The van der Waals surface area contributed by atoms with Crippen LogP contribution < -0.4 is 15.6 Å². The lowest BCUT2D eigenvalue weighted by molar-refractivity contribution is 0.00652. The Hall–Kier alpha value is -3.26. The van der Waals surface area contributed by atoms with E-state index < -0.39 is 12.3 Å². The molecular formula is C23H23FN4O3. The summed E-state index contributed by atoms with van der Waals surface area (Å²) < 4.78 is 20.5. The lowest BCUT2D eigenvalue weighted by atomic mass is 9.84. The van der Waals surface area contributed by atoms with Gasteiger partial charge < -0.3 is 20.1 Å². The molecule has 31 heavy (non-hydrogen) atoms. The van der Waals surface area contributed by atoms with Gasteiger partial charge in [0.2, 0.25) is 11.4 Å². The molecule has 0 amide bonds. The van der Waals surface area contributed by atoms with Gasteiger partial charge >= 0.3 is 0 Å². The maximum absolute atomic E-state index is 14.7. The maximum atomic E-state index is 14.7. The summed E-state index contributed by atoms with van der Waals surface area (Å²) in [6, 6.07) is 11.8. The molecule has 1 aromatic carbocycles. The number of nitrogens with zero attached hydrogens (tertiary/aromatic N) is 2. The number of nitrogens with one attached hydrogen (secondary N) is 2. The van der Waals surface area contributed by atoms with Crippen LogP contribution in [-0.4, -0.2) is 44.6 Å². The second kappa shape index (κ2) is 8.11. The third-order valence-electron chi connectivity index (χ3n) is 6.07. The molecule has 0 saturated carbocycles. The molecule has 2 saturated heterocycles. The first kappa shape index (κ1) is 19.7. The SMILES string of the molecule is O=c1cc(-c2ccc(-c3ccc(O[C@@H]4C[C@H]5CCC[C@H](N5)[C@@H]4F)nn3)c(O)c2)cc[nH]1. The van der Waals surface area contributed by atoms with E-state index in [0.29, 0.717) is 34.8 Å². The molecule has 0 spiro atoms. The van der Waals surface area contributed by atoms with E-state index in [4.69, 9.17) is 4.74 Å². The Balaban J connectivity index is 1.32. The fourth-order valence-corrected chi connectivity index (χ4v) is 4.51. The quantitative estimate of drug-likeness (QED) is 0.597. The van der Waals surface area contributed by atoms with Crippen molar-refractivity contribution in [2.24, 2.45) is 0 Å². The summed E-state index contributed by atoms with van der Waals surface area (Å²) in [5.74, 6) is 0.298. The van der Waals surface area contributed by atoms with E-state index in [1.54, 1.807) is 42.6 Å². The Kier molecular flexibility index (Phi) is 5.15. The molecule has 2 aliphatic rings. The topological polar surface area (TPSA) is 100 Å². The number of aromatic nitrogens is 3. The van der Waals surface area contributed by atoms with Crippen LogP contribution in [0.15, 0.2) is 53.5 Å². The molecular weight excluding hydrogens is 399 g/mol. The lowest BCUT2D eigenvalue weighted by Crippen LogP contribution is -2.59. The molecule has 2 aromatic heterocycles. The predicted molar refractivity (Wildman–Crippen MR) is 114 cm³/mol. The van der Waals surface area contributed by atoms with Crippen LogP contribution in [0.25, 0.3) is 22.4 Å². The molecule has 0 radical (unpaired) electrons. The van der Waals surface area contributed by atoms with Crippen molar-refractivity contribution in [1.82, 2.24) is 20.5 Å². The van der Waals surface area contributed by atoms with Crippen LogP contribution in [0, 0.1) is 0 Å². The molecule has 8 heteroatoms. The standard InChI is InChI=1S/C23H23FN4O3/c24-23-18-3-1-2-15(26-18)12-20(23)31-22-7-6-17(27-28-22)16-5-4-13(10-19(16)29)14-8-9-25-21(30)11-14/h4-11,15,18,20,23,26,29H,1-3,12H2,(H,25,30)/t15-,18+,20-,23+/m1/s1. The number of phenols is 1. The van der Waals surface area contributed by atoms with E-state index in [0.717, 1.165) is 19.3 Å². The number of rotatable bonds is 4. The first-order chi connectivity index (χ1) is 15.1. The number of phenolic OH excluding ortho intramolecular Hbond substituents is 1. The highest BCUT2D eigenvalue weighted by Crippen LogP contribution is 2.33. The highest BCUT2D eigenvalue weighted by atomic mass is 19.1. The maximum Gasteiger partial charge on any atom is 0.248 e. The lowest BCUT2D eigenvalue weighted by Gasteiger charge is -2.42. The van der Waals surface area contributed by atoms with Gasteiger partial charge in [-0.3, -0.25) is 4.79 Å². The zero-order valence-electron chi connectivity index (χ0n) is 16.8. The summed E-state index contributed by atoms with van der Waals surface area (Å²) >= 11 is 0. The highest BCUT2D eigenvalue weighted by molar-refractivity contribution is 5.74. The fourth-order valence-electron chi connectivity index (χ4n) is 4.51. The summed E-state index contributed by atoms with van der Waals surface area (Å²) in [6.45, 7) is 0. The zero-order chi connectivity index (χ0) is 21.4. The molecule has 7 nitrogen and oxygen atoms in total. The van der Waals surface area contributed by atoms with Gasteiger partial charge in [-0.25, -0.2) is 4.39 Å². The van der Waals surface area contributed by atoms with Gasteiger partial charge in [0.05, 0.1) is 5.69 Å². The molecule has 2 bridgehead atoms. The van der Waals surface area contributed by atoms with E-state index in [1.807, 2.05) is 0 Å². The number of aromatic amines is 1. The molecule has 2 fully saturated rings. The average molecular weight is 422 g/mol. The fraction of sp³-hybridized carbons (Fsp3) is 0.348. The monoisotopic (exact) mass is 422 g/mol. The number of ether oxygens (including phenoxy) is 1. The summed E-state index contributed by atoms with van der Waals surface area (Å²) in [7, 11) is 0. The molecule has 0 aliphatic carbocycles. The van der Waals surface area contributed by atoms with Crippen LogP contribution in [-0.2, 0) is 0 Å². The smallest absolute Gasteiger partial charge is 0.248 e. The second-order valence-corrected chi connectivity index (χ2v) is 8.17. The van der Waals surface area contributed by atoms with Crippen molar-refractivity contribution in [2.45, 2.75) is 50.0 Å². The minimum atomic E-state index is -1.07. The predicted octanol–water partition coefficient (Wildman–Crippen LogP) is 3.20. The van der Waals surface area contributed by atoms with Gasteiger partial charge in [-0.2, -0.15) is 0 Å². The number of pyridine rings is 1. The number of alkyl halides is 1. The molecule has 4 heterocycles. The molecule has 3 N–H and O–H groups in total. The Bertz CT molecular complexity index is 1130. The van der Waals surface area contributed by atoms with Crippen LogP contribution in [0.3, 0.4) is 0 Å². The molecule has 160 valence electrons. The van der Waals surface area contributed by atoms with Crippen molar-refractivity contribution in [3.05, 3.63) is 59.0 Å². The Labute approximate surface area is 178 Å². The minimum absolute atomic E-state index is 0.0238. The van der Waals surface area contributed by atoms with E-state index in [-0.39, 0.29) is 23.2 Å². The summed E-state index contributed by atoms with van der Waals surface area (Å²) in [4.78, 5) is 14.1. The first-order valence-electron chi connectivity index (χ1n) is 10.5. The number of hydrogen-bond acceptors (Lipinski definition) is 6. The summed E-state index contributed by atoms with van der Waals surface area (Å²) in [5.41, 5.74) is 2.18. The summed E-state index contributed by atoms with van der Waals surface area (Å²) in [5, 5.41) is 22.1. The third kappa shape index (κ3) is 4.03. The third-order valence-corrected chi connectivity index (χ3v) is 6.07. The van der Waals surface area contributed by atoms with Gasteiger partial charge in [0.25, 0.3) is 0 Å². The van der Waals surface area contributed by atoms with Crippen molar-refractivity contribution in [2.75, 3.05) is 0 Å². The molecule has 0 unspecified atom stereocenters. The van der Waals surface area contributed by atoms with Crippen molar-refractivity contribution in [3.8, 4) is 34.0 Å². The van der Waals surface area contributed by atoms with Gasteiger partial charge in [-0.15, -0.1) is 10.2 Å². The van der Waals surface area contributed by atoms with Crippen molar-refractivity contribution in [1.29, 1.82) is 0 Å². The molecule has 5 rings (SSSR count). The van der Waals surface area contributed by atoms with Gasteiger partial charge in [-0.05, 0) is 48.2 Å². The normalized spacial score (nSPS) is 25.2. The number of fused-ring (bicyclic) bond motifs is 2. The molecule has 4 atom stereocenters. The Morgan fingerprint density at radius 3 is 2.71 bits per heavy atom. The van der Waals surface area contributed by atoms with Crippen LogP contribution in [0.4, 0.5) is 4.39 Å². The van der Waals surface area contributed by atoms with Crippen LogP contribution in [0.5, 0.6) is 11.6 Å². The highest BCUT2D eigenvalue weighted by Gasteiger charge is 2.41. The minimum Gasteiger partial charge on any atom is -0.507 e. The van der Waals surface area contributed by atoms with E-state index >= 15 is 0 Å². The zero-order valence-corrected chi connectivity index (χ0v) is 16.8. The van der Waals surface area contributed by atoms with Gasteiger partial charge in [0.1, 0.15) is 11.9 Å². The largest absolute Gasteiger partial charge is 0.507 e. The number of hydrogen-bond donors (Lipinski definition) is 3. The average Bonchev–Trinajstić information content (AvgIpc) is 2.78. The van der Waals surface area contributed by atoms with Crippen molar-refractivity contribution in [3.63, 3.8) is 0 Å². The van der Waals surface area contributed by atoms with Gasteiger partial charge in [-0.1, -0.05) is 12.5 Å². The number of halogens is 1. The first-order valence-corrected chi connectivity index (χ1v) is 10.5. The van der Waals surface area contributed by atoms with Crippen molar-refractivity contribution >= 4 is 0 Å². The van der Waals surface area contributed by atoms with Crippen LogP contribution >= 0.6 is 0 Å². The summed E-state index contributed by atoms with van der Waals surface area (Å²) in [6.07, 6.45) is 3.50. The van der Waals surface area contributed by atoms with E-state index in [1.165, 1.54) is 6.07 Å².